The van der Waals surface area contributed by atoms with E-state index in [1.165, 1.54) is 0 Å². The van der Waals surface area contributed by atoms with Gasteiger partial charge in [0.15, 0.2) is 5.82 Å². The van der Waals surface area contributed by atoms with Crippen LogP contribution in [0.4, 0.5) is 0 Å². The molecule has 2 aromatic carbocycles. The molecule has 41 heavy (non-hydrogen) atoms. The lowest BCUT2D eigenvalue weighted by Crippen LogP contribution is -2.39. The molecule has 0 unspecified atom stereocenters. The number of piperidine rings is 1. The Kier molecular flexibility index (Phi) is 8.25. The molecule has 1 atom stereocenters. The van der Waals surface area contributed by atoms with Crippen molar-refractivity contribution in [3.05, 3.63) is 75.9 Å². The van der Waals surface area contributed by atoms with Crippen molar-refractivity contribution in [2.75, 3.05) is 19.7 Å². The van der Waals surface area contributed by atoms with E-state index in [0.29, 0.717) is 40.6 Å². The van der Waals surface area contributed by atoms with Gasteiger partial charge in [0, 0.05) is 37.0 Å². The number of rotatable bonds is 10. The summed E-state index contributed by atoms with van der Waals surface area (Å²) >= 11 is 12.1. The zero-order valence-electron chi connectivity index (χ0n) is 22.2. The van der Waals surface area contributed by atoms with Gasteiger partial charge in [-0.25, -0.2) is 14.8 Å². The highest BCUT2D eigenvalue weighted by atomic mass is 35.5. The number of hydrogen-bond donors (Lipinski definition) is 1. The van der Waals surface area contributed by atoms with Gasteiger partial charge in [-0.3, -0.25) is 4.90 Å². The maximum absolute atomic E-state index is 11.6. The van der Waals surface area contributed by atoms with Crippen LogP contribution in [0.25, 0.3) is 11.0 Å². The molecule has 12 heteroatoms. The number of imidazole rings is 1. The lowest BCUT2D eigenvalue weighted by atomic mass is 10.1. The van der Waals surface area contributed by atoms with Crippen LogP contribution in [-0.2, 0) is 24.4 Å². The molecule has 6 rings (SSSR count). The Balaban J connectivity index is 1.06. The smallest absolute Gasteiger partial charge is 0.335 e. The molecule has 0 spiro atoms. The van der Waals surface area contributed by atoms with Gasteiger partial charge in [0.2, 0.25) is 5.88 Å². The molecule has 2 saturated heterocycles. The van der Waals surface area contributed by atoms with Gasteiger partial charge in [0.1, 0.15) is 24.3 Å². The van der Waals surface area contributed by atoms with Gasteiger partial charge >= 0.3 is 5.97 Å². The largest absolute Gasteiger partial charge is 0.484 e. The molecule has 1 N–H and O–H groups in total. The van der Waals surface area contributed by atoms with E-state index in [4.69, 9.17) is 42.4 Å². The molecule has 0 radical (unpaired) electrons. The fourth-order valence-corrected chi connectivity index (χ4v) is 5.53. The van der Waals surface area contributed by atoms with Gasteiger partial charge in [-0.1, -0.05) is 23.2 Å². The summed E-state index contributed by atoms with van der Waals surface area (Å²) in [6, 6.07) is 11.9. The summed E-state index contributed by atoms with van der Waals surface area (Å²) in [7, 11) is 0. The van der Waals surface area contributed by atoms with E-state index in [1.807, 2.05) is 0 Å². The SMILES string of the molecule is O=C(O)c1ccc2nc(CN3CCC(Oc4ccnc(COc5ccc(Cl)cc5Cl)n4)CC3)n(C[C@@H]3CCO3)c2c1. The van der Waals surface area contributed by atoms with Gasteiger partial charge in [0.05, 0.1) is 40.8 Å². The third-order valence-corrected chi connectivity index (χ3v) is 7.90. The van der Waals surface area contributed by atoms with Crippen LogP contribution in [0, 0.1) is 0 Å². The maximum atomic E-state index is 11.6. The second-order valence-corrected chi connectivity index (χ2v) is 11.0. The molecule has 0 amide bonds. The zero-order valence-corrected chi connectivity index (χ0v) is 23.7. The van der Waals surface area contributed by atoms with E-state index in [-0.39, 0.29) is 24.4 Å². The van der Waals surface area contributed by atoms with Crippen LogP contribution >= 0.6 is 23.2 Å². The van der Waals surface area contributed by atoms with E-state index in [2.05, 4.69) is 19.4 Å². The Morgan fingerprint density at radius 3 is 2.63 bits per heavy atom. The number of benzene rings is 2. The second kappa shape index (κ2) is 12.2. The van der Waals surface area contributed by atoms with Gasteiger partial charge in [0.25, 0.3) is 0 Å². The highest BCUT2D eigenvalue weighted by Gasteiger charge is 2.26. The minimum Gasteiger partial charge on any atom is -0.484 e. The van der Waals surface area contributed by atoms with Crippen LogP contribution in [0.5, 0.6) is 11.6 Å². The fraction of sp³-hybridized carbons (Fsp3) is 0.379. The number of carboxylic acid groups (broad SMARTS) is 1. The van der Waals surface area contributed by atoms with E-state index >= 15 is 0 Å². The van der Waals surface area contributed by atoms with Gasteiger partial charge < -0.3 is 23.9 Å². The molecule has 2 fully saturated rings. The summed E-state index contributed by atoms with van der Waals surface area (Å²) in [5.41, 5.74) is 1.88. The quantitative estimate of drug-likeness (QED) is 0.262. The van der Waals surface area contributed by atoms with Crippen LogP contribution in [0.15, 0.2) is 48.7 Å². The van der Waals surface area contributed by atoms with Crippen LogP contribution in [-0.4, -0.2) is 67.4 Å². The van der Waals surface area contributed by atoms with Crippen molar-refractivity contribution in [3.8, 4) is 11.6 Å². The molecule has 4 heterocycles. The molecule has 10 nitrogen and oxygen atoms in total. The lowest BCUT2D eigenvalue weighted by Gasteiger charge is -2.32. The average molecular weight is 598 g/mol. The van der Waals surface area contributed by atoms with Crippen molar-refractivity contribution in [1.29, 1.82) is 0 Å². The number of hydrogen-bond acceptors (Lipinski definition) is 8. The lowest BCUT2D eigenvalue weighted by molar-refractivity contribution is -0.0592. The fourth-order valence-electron chi connectivity index (χ4n) is 5.07. The first kappa shape index (κ1) is 27.7. The van der Waals surface area contributed by atoms with Crippen LogP contribution in [0.1, 0.15) is 41.3 Å². The molecule has 4 aromatic rings. The number of carbonyl (C=O) groups is 1. The monoisotopic (exact) mass is 597 g/mol. The summed E-state index contributed by atoms with van der Waals surface area (Å²) in [5.74, 6) is 1.48. The number of fused-ring (bicyclic) bond motifs is 1. The summed E-state index contributed by atoms with van der Waals surface area (Å²) in [6.45, 7) is 3.92. The van der Waals surface area contributed by atoms with Crippen molar-refractivity contribution >= 4 is 40.2 Å². The Hall–Kier alpha value is -3.44. The number of aromatic nitrogens is 4. The van der Waals surface area contributed by atoms with E-state index < -0.39 is 5.97 Å². The van der Waals surface area contributed by atoms with Crippen molar-refractivity contribution in [3.63, 3.8) is 0 Å². The minimum absolute atomic E-state index is 0.0287. The molecule has 0 aliphatic carbocycles. The van der Waals surface area contributed by atoms with Crippen molar-refractivity contribution in [2.24, 2.45) is 0 Å². The first-order chi connectivity index (χ1) is 19.9. The minimum atomic E-state index is -0.947. The summed E-state index contributed by atoms with van der Waals surface area (Å²) in [4.78, 5) is 27.6. The Morgan fingerprint density at radius 2 is 1.90 bits per heavy atom. The molecule has 0 saturated carbocycles. The first-order valence-corrected chi connectivity index (χ1v) is 14.3. The third kappa shape index (κ3) is 6.56. The summed E-state index contributed by atoms with van der Waals surface area (Å²) < 4.78 is 19.8. The number of halogens is 2. The van der Waals surface area contributed by atoms with Crippen LogP contribution in [0.2, 0.25) is 10.0 Å². The highest BCUT2D eigenvalue weighted by molar-refractivity contribution is 6.35. The standard InChI is InChI=1S/C29H29Cl2N5O5/c30-19-2-4-25(22(31)14-19)40-17-26-32-9-5-28(34-26)41-20-6-10-35(11-7-20)16-27-33-23-3-1-18(29(37)38)13-24(23)36(27)15-21-8-12-39-21/h1-5,9,13-14,20-21H,6-8,10-12,15-17H2,(H,37,38)/t21-/m0/s1. The average Bonchev–Trinajstić information content (AvgIpc) is 3.27. The van der Waals surface area contributed by atoms with Gasteiger partial charge in [-0.2, -0.15) is 4.98 Å². The molecular weight excluding hydrogens is 569 g/mol. The van der Waals surface area contributed by atoms with Gasteiger partial charge in [-0.05, 0) is 55.7 Å². The Bertz CT molecular complexity index is 1550. The van der Waals surface area contributed by atoms with E-state index in [9.17, 15) is 9.90 Å². The number of ether oxygens (including phenoxy) is 3. The Morgan fingerprint density at radius 1 is 1.07 bits per heavy atom. The van der Waals surface area contributed by atoms with Crippen molar-refractivity contribution in [2.45, 2.75) is 51.2 Å². The number of aromatic carboxylic acids is 1. The molecule has 214 valence electrons. The normalized spacial score (nSPS) is 17.9. The topological polar surface area (TPSA) is 112 Å². The molecule has 2 aliphatic heterocycles. The summed E-state index contributed by atoms with van der Waals surface area (Å²) in [6.07, 6.45) is 4.49. The van der Waals surface area contributed by atoms with Crippen LogP contribution in [0.3, 0.4) is 0 Å². The van der Waals surface area contributed by atoms with E-state index in [1.54, 1.807) is 48.7 Å². The zero-order chi connectivity index (χ0) is 28.3. The Labute approximate surface area is 246 Å². The van der Waals surface area contributed by atoms with E-state index in [0.717, 1.165) is 55.8 Å². The first-order valence-electron chi connectivity index (χ1n) is 13.5. The number of nitrogens with zero attached hydrogens (tertiary/aromatic N) is 5. The predicted molar refractivity (Wildman–Crippen MR) is 153 cm³/mol. The van der Waals surface area contributed by atoms with Crippen molar-refractivity contribution < 1.29 is 24.1 Å². The predicted octanol–water partition coefficient (Wildman–Crippen LogP) is 5.24. The molecule has 2 aromatic heterocycles. The highest BCUT2D eigenvalue weighted by Crippen LogP contribution is 2.28. The molecular formula is C29H29Cl2N5O5. The molecule has 0 bridgehead atoms. The number of carboxylic acids is 1. The summed E-state index contributed by atoms with van der Waals surface area (Å²) in [5, 5.41) is 10.4. The van der Waals surface area contributed by atoms with Crippen LogP contribution < -0.4 is 9.47 Å². The number of likely N-dealkylation sites (tertiary alicyclic amines) is 1. The van der Waals surface area contributed by atoms with Crippen molar-refractivity contribution in [1.82, 2.24) is 24.4 Å². The third-order valence-electron chi connectivity index (χ3n) is 7.37. The molecule has 2 aliphatic rings. The van der Waals surface area contributed by atoms with Gasteiger partial charge in [-0.15, -0.1) is 0 Å². The maximum Gasteiger partial charge on any atom is 0.335 e. The second-order valence-electron chi connectivity index (χ2n) is 10.2.